The van der Waals surface area contributed by atoms with Crippen molar-refractivity contribution in [3.05, 3.63) is 28.8 Å². The van der Waals surface area contributed by atoms with E-state index in [9.17, 15) is 0 Å². The third-order valence-electron chi connectivity index (χ3n) is 4.97. The highest BCUT2D eigenvalue weighted by molar-refractivity contribution is 6.33. The number of halogens is 1. The predicted octanol–water partition coefficient (Wildman–Crippen LogP) is 4.88. The molecule has 1 fully saturated rings. The Labute approximate surface area is 134 Å². The lowest BCUT2D eigenvalue weighted by Crippen LogP contribution is -2.38. The molecule has 0 spiro atoms. The van der Waals surface area contributed by atoms with E-state index >= 15 is 0 Å². The third kappa shape index (κ3) is 3.92. The Balaban J connectivity index is 2.07. The number of anilines is 1. The van der Waals surface area contributed by atoms with E-state index in [0.29, 0.717) is 11.5 Å². The van der Waals surface area contributed by atoms with Gasteiger partial charge in [-0.15, -0.1) is 0 Å². The summed E-state index contributed by atoms with van der Waals surface area (Å²) in [5.74, 6) is 0.816. The number of hydrogen-bond acceptors (Lipinski definition) is 2. The second-order valence-corrected chi connectivity index (χ2v) is 7.76. The average molecular weight is 309 g/mol. The van der Waals surface area contributed by atoms with Crippen molar-refractivity contribution in [2.24, 2.45) is 11.3 Å². The molecule has 0 aromatic heterocycles. The van der Waals surface area contributed by atoms with E-state index in [4.69, 9.17) is 11.6 Å². The first-order chi connectivity index (χ1) is 9.82. The Morgan fingerprint density at radius 3 is 2.33 bits per heavy atom. The number of nitrogens with one attached hydrogen (secondary N) is 1. The zero-order valence-corrected chi connectivity index (χ0v) is 14.8. The van der Waals surface area contributed by atoms with Crippen molar-refractivity contribution in [3.8, 4) is 0 Å². The van der Waals surface area contributed by atoms with Crippen molar-refractivity contribution < 1.29 is 0 Å². The van der Waals surface area contributed by atoms with E-state index in [1.165, 1.54) is 24.1 Å². The van der Waals surface area contributed by atoms with Gasteiger partial charge in [0.15, 0.2) is 0 Å². The summed E-state index contributed by atoms with van der Waals surface area (Å²) in [5, 5.41) is 4.14. The van der Waals surface area contributed by atoms with E-state index in [1.54, 1.807) is 0 Å². The normalized spacial score (nSPS) is 18.9. The molecule has 0 saturated carbocycles. The molecule has 21 heavy (non-hydrogen) atoms. The topological polar surface area (TPSA) is 15.3 Å². The van der Waals surface area contributed by atoms with Crippen LogP contribution in [-0.2, 0) is 0 Å². The molecule has 2 rings (SSSR count). The molecule has 1 aromatic carbocycles. The van der Waals surface area contributed by atoms with Crippen molar-refractivity contribution in [2.75, 3.05) is 25.0 Å². The van der Waals surface area contributed by atoms with Gasteiger partial charge in [-0.1, -0.05) is 38.4 Å². The summed E-state index contributed by atoms with van der Waals surface area (Å²) in [5.41, 5.74) is 2.86. The average Bonchev–Trinajstić information content (AvgIpc) is 2.45. The second-order valence-electron chi connectivity index (χ2n) is 7.35. The molecule has 1 saturated heterocycles. The van der Waals surface area contributed by atoms with E-state index in [1.807, 2.05) is 7.05 Å². The van der Waals surface area contributed by atoms with Crippen LogP contribution in [0, 0.1) is 11.3 Å². The maximum atomic E-state index is 6.52. The van der Waals surface area contributed by atoms with Gasteiger partial charge < -0.3 is 10.2 Å². The number of rotatable bonds is 3. The fraction of sp³-hybridized carbons (Fsp3) is 0.667. The van der Waals surface area contributed by atoms with Gasteiger partial charge in [0.25, 0.3) is 0 Å². The molecule has 1 N–H and O–H groups in total. The highest BCUT2D eigenvalue weighted by Crippen LogP contribution is 2.37. The molecule has 1 aliphatic heterocycles. The smallest absolute Gasteiger partial charge is 0.0642 e. The number of piperidine rings is 1. The minimum Gasteiger partial charge on any atom is -0.370 e. The van der Waals surface area contributed by atoms with Gasteiger partial charge in [0.05, 0.1) is 10.7 Å². The minimum absolute atomic E-state index is 0.336. The highest BCUT2D eigenvalue weighted by Gasteiger charge is 2.29. The molecule has 0 bridgehead atoms. The van der Waals surface area contributed by atoms with Crippen molar-refractivity contribution in [2.45, 2.75) is 46.6 Å². The Hall–Kier alpha value is -0.730. The van der Waals surface area contributed by atoms with Gasteiger partial charge in [-0.3, -0.25) is 0 Å². The molecule has 1 heterocycles. The monoisotopic (exact) mass is 308 g/mol. The Bertz CT molecular complexity index is 471. The maximum Gasteiger partial charge on any atom is 0.0642 e. The summed E-state index contributed by atoms with van der Waals surface area (Å²) in [7, 11) is 1.98. The fourth-order valence-electron chi connectivity index (χ4n) is 3.20. The van der Waals surface area contributed by atoms with E-state index in [0.717, 1.165) is 24.0 Å². The van der Waals surface area contributed by atoms with Gasteiger partial charge in [-0.05, 0) is 55.8 Å². The molecule has 2 nitrogen and oxygen atoms in total. The van der Waals surface area contributed by atoms with Crippen LogP contribution in [0.4, 0.5) is 5.69 Å². The van der Waals surface area contributed by atoms with Crippen LogP contribution < -0.4 is 10.2 Å². The van der Waals surface area contributed by atoms with Crippen LogP contribution in [0.15, 0.2) is 18.2 Å². The summed E-state index contributed by atoms with van der Waals surface area (Å²) in [6.07, 6.45) is 2.52. The van der Waals surface area contributed by atoms with Crippen LogP contribution in [0.25, 0.3) is 0 Å². The van der Waals surface area contributed by atoms with Crippen LogP contribution in [-0.4, -0.2) is 20.1 Å². The van der Waals surface area contributed by atoms with Gasteiger partial charge >= 0.3 is 0 Å². The highest BCUT2D eigenvalue weighted by atomic mass is 35.5. The Kier molecular flexibility index (Phi) is 5.21. The first-order valence-electron chi connectivity index (χ1n) is 8.04. The van der Waals surface area contributed by atoms with Gasteiger partial charge in [0, 0.05) is 19.1 Å². The largest absolute Gasteiger partial charge is 0.370 e. The number of hydrogen-bond donors (Lipinski definition) is 1. The summed E-state index contributed by atoms with van der Waals surface area (Å²) >= 11 is 6.52. The lowest BCUT2D eigenvalue weighted by molar-refractivity contribution is 0.199. The van der Waals surface area contributed by atoms with E-state index in [2.05, 4.69) is 56.1 Å². The van der Waals surface area contributed by atoms with Crippen LogP contribution in [0.5, 0.6) is 0 Å². The zero-order chi connectivity index (χ0) is 15.6. The second kappa shape index (κ2) is 6.58. The molecule has 0 radical (unpaired) electrons. The lowest BCUT2D eigenvalue weighted by atomic mass is 9.75. The summed E-state index contributed by atoms with van der Waals surface area (Å²) < 4.78 is 0. The Morgan fingerprint density at radius 1 is 1.24 bits per heavy atom. The zero-order valence-electron chi connectivity index (χ0n) is 14.0. The van der Waals surface area contributed by atoms with Crippen LogP contribution in [0.2, 0.25) is 5.02 Å². The van der Waals surface area contributed by atoms with E-state index < -0.39 is 0 Å². The molecule has 1 atom stereocenters. The van der Waals surface area contributed by atoms with Crippen LogP contribution in [0.3, 0.4) is 0 Å². The van der Waals surface area contributed by atoms with Gasteiger partial charge in [0.1, 0.15) is 0 Å². The minimum atomic E-state index is 0.336. The third-order valence-corrected chi connectivity index (χ3v) is 5.27. The van der Waals surface area contributed by atoms with Gasteiger partial charge in [-0.25, -0.2) is 0 Å². The SMILES string of the molecule is CNC(C)c1ccc(N2CCC(C(C)(C)C)CC2)c(Cl)c1. The van der Waals surface area contributed by atoms with Crippen molar-refractivity contribution in [1.29, 1.82) is 0 Å². The van der Waals surface area contributed by atoms with Crippen molar-refractivity contribution in [1.82, 2.24) is 5.32 Å². The lowest BCUT2D eigenvalue weighted by Gasteiger charge is -2.40. The standard InChI is InChI=1S/C18H29ClN2/c1-13(20-5)14-6-7-17(16(19)12-14)21-10-8-15(9-11-21)18(2,3)4/h6-7,12-13,15,20H,8-11H2,1-5H3. The van der Waals surface area contributed by atoms with E-state index in [-0.39, 0.29) is 0 Å². The first-order valence-corrected chi connectivity index (χ1v) is 8.42. The van der Waals surface area contributed by atoms with Crippen LogP contribution in [0.1, 0.15) is 52.1 Å². The summed E-state index contributed by atoms with van der Waals surface area (Å²) in [6, 6.07) is 6.82. The van der Waals surface area contributed by atoms with Crippen LogP contribution >= 0.6 is 11.6 Å². The molecular weight excluding hydrogens is 280 g/mol. The van der Waals surface area contributed by atoms with Gasteiger partial charge in [0.2, 0.25) is 0 Å². The molecule has 0 aliphatic carbocycles. The predicted molar refractivity (Wildman–Crippen MR) is 93.3 cm³/mol. The maximum absolute atomic E-state index is 6.52. The first kappa shape index (κ1) is 16.6. The number of nitrogens with zero attached hydrogens (tertiary/aromatic N) is 1. The molecule has 1 unspecified atom stereocenters. The molecule has 1 aromatic rings. The Morgan fingerprint density at radius 2 is 1.86 bits per heavy atom. The molecule has 1 aliphatic rings. The summed E-state index contributed by atoms with van der Waals surface area (Å²) in [6.45, 7) is 11.4. The molecular formula is C18H29ClN2. The molecule has 3 heteroatoms. The molecule has 118 valence electrons. The summed E-state index contributed by atoms with van der Waals surface area (Å²) in [4.78, 5) is 2.44. The molecule has 0 amide bonds. The number of benzene rings is 1. The van der Waals surface area contributed by atoms with Crippen molar-refractivity contribution in [3.63, 3.8) is 0 Å². The van der Waals surface area contributed by atoms with Crippen molar-refractivity contribution >= 4 is 17.3 Å². The quantitative estimate of drug-likeness (QED) is 0.856. The van der Waals surface area contributed by atoms with Gasteiger partial charge in [-0.2, -0.15) is 0 Å². The fourth-order valence-corrected chi connectivity index (χ4v) is 3.51.